The molecule has 0 spiro atoms. The van der Waals surface area contributed by atoms with Gasteiger partial charge >= 0.3 is 0 Å². The fraction of sp³-hybridized carbons (Fsp3) is 0.500. The molecule has 0 saturated heterocycles. The first-order valence-corrected chi connectivity index (χ1v) is 6.26. The Balaban J connectivity index is 2.47. The number of anilines is 1. The van der Waals surface area contributed by atoms with Crippen LogP contribution in [0.15, 0.2) is 24.3 Å². The van der Waals surface area contributed by atoms with Gasteiger partial charge in [0.05, 0.1) is 0 Å². The number of halogens is 1. The molecule has 0 fully saturated rings. The number of carbonyl (C=O) groups excluding carboxylic acids is 1. The number of amides is 1. The molecule has 0 unspecified atom stereocenters. The highest BCUT2D eigenvalue weighted by molar-refractivity contribution is 5.90. The molecule has 3 nitrogen and oxygen atoms in total. The first kappa shape index (κ1) is 14.6. The molecule has 4 heteroatoms. The number of hydrogen-bond donors (Lipinski definition) is 2. The molecule has 100 valence electrons. The Labute approximate surface area is 108 Å². The average Bonchev–Trinajstić information content (AvgIpc) is 2.30. The third-order valence-corrected chi connectivity index (χ3v) is 2.74. The predicted molar refractivity (Wildman–Crippen MR) is 71.6 cm³/mol. The summed E-state index contributed by atoms with van der Waals surface area (Å²) in [5.41, 5.74) is 6.27. The normalized spacial score (nSPS) is 12.5. The molecule has 0 aliphatic carbocycles. The maximum Gasteiger partial charge on any atom is 0.224 e. The van der Waals surface area contributed by atoms with Gasteiger partial charge in [-0.2, -0.15) is 0 Å². The molecule has 1 amide bonds. The number of carbonyl (C=O) groups is 1. The van der Waals surface area contributed by atoms with Crippen LogP contribution in [0.5, 0.6) is 0 Å². The van der Waals surface area contributed by atoms with E-state index in [-0.39, 0.29) is 17.6 Å². The molecule has 0 radical (unpaired) electrons. The van der Waals surface area contributed by atoms with Crippen molar-refractivity contribution in [3.05, 3.63) is 30.1 Å². The Morgan fingerprint density at radius 2 is 1.94 bits per heavy atom. The van der Waals surface area contributed by atoms with Crippen molar-refractivity contribution < 1.29 is 9.18 Å². The van der Waals surface area contributed by atoms with Gasteiger partial charge in [0.25, 0.3) is 0 Å². The minimum Gasteiger partial charge on any atom is -0.330 e. The van der Waals surface area contributed by atoms with Crippen LogP contribution in [0.4, 0.5) is 10.1 Å². The molecule has 1 atom stereocenters. The van der Waals surface area contributed by atoms with Crippen molar-refractivity contribution in [2.24, 2.45) is 17.6 Å². The van der Waals surface area contributed by atoms with Crippen molar-refractivity contribution in [1.82, 2.24) is 0 Å². The van der Waals surface area contributed by atoms with E-state index >= 15 is 0 Å². The fourth-order valence-electron chi connectivity index (χ4n) is 1.94. The number of rotatable bonds is 6. The van der Waals surface area contributed by atoms with Crippen LogP contribution >= 0.6 is 0 Å². The third kappa shape index (κ3) is 5.27. The summed E-state index contributed by atoms with van der Waals surface area (Å²) in [5, 5.41) is 2.75. The fourth-order valence-corrected chi connectivity index (χ4v) is 1.94. The summed E-state index contributed by atoms with van der Waals surface area (Å²) in [4.78, 5) is 11.8. The summed E-state index contributed by atoms with van der Waals surface area (Å²) >= 11 is 0. The van der Waals surface area contributed by atoms with E-state index in [1.807, 2.05) is 0 Å². The molecule has 1 aromatic carbocycles. The molecule has 0 heterocycles. The molecule has 1 rings (SSSR count). The Morgan fingerprint density at radius 1 is 1.33 bits per heavy atom. The van der Waals surface area contributed by atoms with Gasteiger partial charge in [0.2, 0.25) is 5.91 Å². The van der Waals surface area contributed by atoms with Gasteiger partial charge in [-0.25, -0.2) is 4.39 Å². The van der Waals surface area contributed by atoms with Gasteiger partial charge < -0.3 is 11.1 Å². The van der Waals surface area contributed by atoms with Gasteiger partial charge in [0.1, 0.15) is 5.82 Å². The molecule has 3 N–H and O–H groups in total. The topological polar surface area (TPSA) is 55.1 Å². The van der Waals surface area contributed by atoms with Gasteiger partial charge in [0.15, 0.2) is 0 Å². The second kappa shape index (κ2) is 7.11. The van der Waals surface area contributed by atoms with Crippen molar-refractivity contribution in [3.8, 4) is 0 Å². The number of benzene rings is 1. The van der Waals surface area contributed by atoms with Gasteiger partial charge in [-0.1, -0.05) is 13.8 Å². The summed E-state index contributed by atoms with van der Waals surface area (Å²) < 4.78 is 12.7. The summed E-state index contributed by atoms with van der Waals surface area (Å²) in [6.45, 7) is 4.73. The Hall–Kier alpha value is -1.42. The van der Waals surface area contributed by atoms with Crippen molar-refractivity contribution in [2.45, 2.75) is 26.7 Å². The summed E-state index contributed by atoms with van der Waals surface area (Å²) in [6.07, 6.45) is 1.35. The van der Waals surface area contributed by atoms with E-state index in [9.17, 15) is 9.18 Å². The largest absolute Gasteiger partial charge is 0.330 e. The number of nitrogens with one attached hydrogen (secondary N) is 1. The van der Waals surface area contributed by atoms with Crippen molar-refractivity contribution in [2.75, 3.05) is 11.9 Å². The Morgan fingerprint density at radius 3 is 2.44 bits per heavy atom. The first-order valence-electron chi connectivity index (χ1n) is 6.26. The first-order chi connectivity index (χ1) is 8.51. The van der Waals surface area contributed by atoms with Crippen LogP contribution in [-0.2, 0) is 4.79 Å². The maximum absolute atomic E-state index is 12.7. The quantitative estimate of drug-likeness (QED) is 0.818. The Bertz CT molecular complexity index is 376. The molecule has 18 heavy (non-hydrogen) atoms. The number of nitrogens with two attached hydrogens (primary N) is 1. The van der Waals surface area contributed by atoms with E-state index in [0.717, 1.165) is 6.42 Å². The van der Waals surface area contributed by atoms with E-state index in [2.05, 4.69) is 19.2 Å². The highest BCUT2D eigenvalue weighted by Gasteiger charge is 2.14. The lowest BCUT2D eigenvalue weighted by atomic mass is 9.94. The molecule has 1 aromatic rings. The molecule has 0 aliphatic heterocycles. The maximum atomic E-state index is 12.7. The van der Waals surface area contributed by atoms with Gasteiger partial charge in [-0.05, 0) is 49.1 Å². The zero-order valence-corrected chi connectivity index (χ0v) is 10.9. The molecule has 0 saturated carbocycles. The van der Waals surface area contributed by atoms with Crippen molar-refractivity contribution in [1.29, 1.82) is 0 Å². The molecule has 0 aliphatic rings. The SMILES string of the molecule is CC(C)C[C@H](CN)CC(=O)Nc1ccc(F)cc1. The van der Waals surface area contributed by atoms with Crippen LogP contribution in [0.2, 0.25) is 0 Å². The monoisotopic (exact) mass is 252 g/mol. The third-order valence-electron chi connectivity index (χ3n) is 2.74. The number of hydrogen-bond acceptors (Lipinski definition) is 2. The second-order valence-electron chi connectivity index (χ2n) is 4.99. The minimum atomic E-state index is -0.312. The molecule has 0 aromatic heterocycles. The highest BCUT2D eigenvalue weighted by Crippen LogP contribution is 2.16. The zero-order valence-electron chi connectivity index (χ0n) is 10.9. The predicted octanol–water partition coefficient (Wildman–Crippen LogP) is 2.78. The lowest BCUT2D eigenvalue weighted by Gasteiger charge is -2.16. The summed E-state index contributed by atoms with van der Waals surface area (Å²) in [7, 11) is 0. The summed E-state index contributed by atoms with van der Waals surface area (Å²) in [6, 6.07) is 5.74. The standard InChI is InChI=1S/C14H21FN2O/c1-10(2)7-11(9-16)8-14(18)17-13-5-3-12(15)4-6-13/h3-6,10-11H,7-9,16H2,1-2H3,(H,17,18)/t11-/m0/s1. The van der Waals surface area contributed by atoms with Gasteiger partial charge in [0, 0.05) is 12.1 Å². The van der Waals surface area contributed by atoms with Crippen molar-refractivity contribution >= 4 is 11.6 Å². The minimum absolute atomic E-state index is 0.0716. The van der Waals surface area contributed by atoms with E-state index in [0.29, 0.717) is 24.6 Å². The van der Waals surface area contributed by atoms with Crippen LogP contribution < -0.4 is 11.1 Å². The lowest BCUT2D eigenvalue weighted by molar-refractivity contribution is -0.117. The van der Waals surface area contributed by atoms with E-state index in [1.165, 1.54) is 12.1 Å². The molecule has 0 bridgehead atoms. The molecular formula is C14H21FN2O. The zero-order chi connectivity index (χ0) is 13.5. The van der Waals surface area contributed by atoms with Crippen LogP contribution in [0, 0.1) is 17.7 Å². The van der Waals surface area contributed by atoms with Crippen LogP contribution in [0.25, 0.3) is 0 Å². The van der Waals surface area contributed by atoms with Gasteiger partial charge in [-0.15, -0.1) is 0 Å². The van der Waals surface area contributed by atoms with Gasteiger partial charge in [-0.3, -0.25) is 4.79 Å². The van der Waals surface area contributed by atoms with E-state index < -0.39 is 0 Å². The van der Waals surface area contributed by atoms with Crippen molar-refractivity contribution in [3.63, 3.8) is 0 Å². The highest BCUT2D eigenvalue weighted by atomic mass is 19.1. The van der Waals surface area contributed by atoms with Crippen LogP contribution in [0.1, 0.15) is 26.7 Å². The lowest BCUT2D eigenvalue weighted by Crippen LogP contribution is -2.23. The van der Waals surface area contributed by atoms with Crippen LogP contribution in [0.3, 0.4) is 0 Å². The van der Waals surface area contributed by atoms with E-state index in [1.54, 1.807) is 12.1 Å². The summed E-state index contributed by atoms with van der Waals surface area (Å²) in [5.74, 6) is 0.341. The second-order valence-corrected chi connectivity index (χ2v) is 4.99. The average molecular weight is 252 g/mol. The van der Waals surface area contributed by atoms with Crippen LogP contribution in [-0.4, -0.2) is 12.5 Å². The van der Waals surface area contributed by atoms with E-state index in [4.69, 9.17) is 5.73 Å². The smallest absolute Gasteiger partial charge is 0.224 e. The Kier molecular flexibility index (Phi) is 5.78. The molecular weight excluding hydrogens is 231 g/mol.